The molecule has 0 spiro atoms. The lowest BCUT2D eigenvalue weighted by atomic mass is 10.2. The lowest BCUT2D eigenvalue weighted by Gasteiger charge is -1.97. The van der Waals surface area contributed by atoms with E-state index in [0.717, 1.165) is 36.0 Å². The Bertz CT molecular complexity index is 1390. The van der Waals surface area contributed by atoms with Gasteiger partial charge in [0.1, 0.15) is 10.7 Å². The van der Waals surface area contributed by atoms with Gasteiger partial charge < -0.3 is 10.1 Å². The molecule has 6 nitrogen and oxygen atoms in total. The van der Waals surface area contributed by atoms with E-state index in [2.05, 4.69) is 53.2 Å². The van der Waals surface area contributed by atoms with Gasteiger partial charge in [-0.25, -0.2) is 9.97 Å². The second kappa shape index (κ2) is 7.06. The normalized spacial score (nSPS) is 11.8. The second-order valence-electron chi connectivity index (χ2n) is 6.50. The van der Waals surface area contributed by atoms with Crippen molar-refractivity contribution in [3.05, 3.63) is 64.9 Å². The first-order chi connectivity index (χ1) is 14.1. The SMILES string of the molecule is Cc1nc(N=Nc2c(O)[nH]c3ccc(Br)cc23)c2cc(-c3ccccc3)sc2n1. The molecule has 3 aromatic heterocycles. The van der Waals surface area contributed by atoms with Crippen LogP contribution in [0, 0.1) is 6.92 Å². The van der Waals surface area contributed by atoms with E-state index in [1.807, 2.05) is 49.4 Å². The van der Waals surface area contributed by atoms with Gasteiger partial charge in [0.2, 0.25) is 5.88 Å². The van der Waals surface area contributed by atoms with Gasteiger partial charge in [0.25, 0.3) is 0 Å². The van der Waals surface area contributed by atoms with Crippen LogP contribution in [0.15, 0.2) is 69.3 Å². The summed E-state index contributed by atoms with van der Waals surface area (Å²) in [6, 6.07) is 17.8. The third kappa shape index (κ3) is 3.30. The highest BCUT2D eigenvalue weighted by Gasteiger charge is 2.14. The van der Waals surface area contributed by atoms with E-state index >= 15 is 0 Å². The van der Waals surface area contributed by atoms with E-state index in [4.69, 9.17) is 0 Å². The van der Waals surface area contributed by atoms with Gasteiger partial charge in [0.05, 0.1) is 10.9 Å². The van der Waals surface area contributed by atoms with E-state index in [9.17, 15) is 5.11 Å². The van der Waals surface area contributed by atoms with Crippen LogP contribution in [0.2, 0.25) is 0 Å². The Morgan fingerprint density at radius 1 is 1.00 bits per heavy atom. The molecular weight excluding hydrogens is 450 g/mol. The van der Waals surface area contributed by atoms with Gasteiger partial charge in [-0.05, 0) is 36.8 Å². The highest BCUT2D eigenvalue weighted by molar-refractivity contribution is 9.10. The maximum atomic E-state index is 10.3. The van der Waals surface area contributed by atoms with Crippen LogP contribution in [-0.2, 0) is 0 Å². The number of aromatic hydroxyl groups is 1. The van der Waals surface area contributed by atoms with Crippen LogP contribution in [-0.4, -0.2) is 20.1 Å². The molecule has 0 radical (unpaired) electrons. The van der Waals surface area contributed by atoms with Crippen molar-refractivity contribution in [3.8, 4) is 16.3 Å². The molecule has 0 unspecified atom stereocenters. The van der Waals surface area contributed by atoms with Gasteiger partial charge in [-0.3, -0.25) is 0 Å². The average molecular weight is 464 g/mol. The van der Waals surface area contributed by atoms with Crippen molar-refractivity contribution >= 4 is 59.9 Å². The molecule has 142 valence electrons. The molecule has 0 aliphatic rings. The number of benzene rings is 2. The monoisotopic (exact) mass is 463 g/mol. The molecule has 29 heavy (non-hydrogen) atoms. The molecule has 5 rings (SSSR count). The van der Waals surface area contributed by atoms with E-state index in [0.29, 0.717) is 17.3 Å². The molecule has 2 aromatic carbocycles. The Labute approximate surface area is 178 Å². The van der Waals surface area contributed by atoms with Gasteiger partial charge in [-0.15, -0.1) is 21.6 Å². The van der Waals surface area contributed by atoms with Crippen molar-refractivity contribution in [2.45, 2.75) is 6.92 Å². The number of fused-ring (bicyclic) bond motifs is 2. The lowest BCUT2D eigenvalue weighted by molar-refractivity contribution is 0.459. The summed E-state index contributed by atoms with van der Waals surface area (Å²) in [5.41, 5.74) is 2.28. The molecule has 0 amide bonds. The van der Waals surface area contributed by atoms with Gasteiger partial charge in [0, 0.05) is 14.7 Å². The summed E-state index contributed by atoms with van der Waals surface area (Å²) < 4.78 is 0.894. The number of aryl methyl sites for hydroxylation is 1. The summed E-state index contributed by atoms with van der Waals surface area (Å²) in [5.74, 6) is 1.08. The van der Waals surface area contributed by atoms with Crippen molar-refractivity contribution in [3.63, 3.8) is 0 Å². The summed E-state index contributed by atoms with van der Waals surface area (Å²) in [5, 5.41) is 20.6. The standard InChI is InChI=1S/C21H14BrN5OS/c1-11-23-19(15-10-17(29-21(15)24-11)12-5-3-2-4-6-12)27-26-18-14-9-13(22)7-8-16(14)25-20(18)28/h2-10,25,28H,1H3. The maximum absolute atomic E-state index is 10.3. The second-order valence-corrected chi connectivity index (χ2v) is 8.45. The highest BCUT2D eigenvalue weighted by atomic mass is 79.9. The predicted octanol–water partition coefficient (Wildman–Crippen LogP) is 7.03. The van der Waals surface area contributed by atoms with Crippen LogP contribution in [0.1, 0.15) is 5.82 Å². The number of H-pyrrole nitrogens is 1. The molecule has 0 aliphatic heterocycles. The molecule has 0 fully saturated rings. The third-order valence-electron chi connectivity index (χ3n) is 4.50. The molecule has 3 heterocycles. The number of aromatic amines is 1. The first-order valence-corrected chi connectivity index (χ1v) is 10.4. The van der Waals surface area contributed by atoms with Gasteiger partial charge in [-0.1, -0.05) is 46.3 Å². The van der Waals surface area contributed by atoms with E-state index in [-0.39, 0.29) is 5.88 Å². The topological polar surface area (TPSA) is 86.5 Å². The minimum Gasteiger partial charge on any atom is -0.493 e. The fourth-order valence-electron chi connectivity index (χ4n) is 3.17. The molecular formula is C21H14BrN5OS. The van der Waals surface area contributed by atoms with Crippen LogP contribution in [0.25, 0.3) is 31.6 Å². The maximum Gasteiger partial charge on any atom is 0.218 e. The molecule has 0 aliphatic carbocycles. The summed E-state index contributed by atoms with van der Waals surface area (Å²) in [6.45, 7) is 1.83. The van der Waals surface area contributed by atoms with E-state index in [1.165, 1.54) is 0 Å². The predicted molar refractivity (Wildman–Crippen MR) is 119 cm³/mol. The summed E-state index contributed by atoms with van der Waals surface area (Å²) in [4.78, 5) is 13.9. The Balaban J connectivity index is 1.63. The zero-order valence-electron chi connectivity index (χ0n) is 15.2. The van der Waals surface area contributed by atoms with Crippen molar-refractivity contribution < 1.29 is 5.11 Å². The van der Waals surface area contributed by atoms with Crippen LogP contribution >= 0.6 is 27.3 Å². The Morgan fingerprint density at radius 2 is 1.83 bits per heavy atom. The molecule has 0 atom stereocenters. The zero-order chi connectivity index (χ0) is 20.0. The number of azo groups is 1. The fraction of sp³-hybridized carbons (Fsp3) is 0.0476. The smallest absolute Gasteiger partial charge is 0.218 e. The number of hydrogen-bond acceptors (Lipinski definition) is 6. The number of thiophene rings is 1. The Kier molecular flexibility index (Phi) is 4.37. The number of halogens is 1. The number of nitrogens with zero attached hydrogens (tertiary/aromatic N) is 4. The summed E-state index contributed by atoms with van der Waals surface area (Å²) in [6.07, 6.45) is 0. The van der Waals surface area contributed by atoms with Crippen LogP contribution in [0.5, 0.6) is 5.88 Å². The molecule has 0 bridgehead atoms. The van der Waals surface area contributed by atoms with Crippen molar-refractivity contribution in [1.82, 2.24) is 15.0 Å². The van der Waals surface area contributed by atoms with Crippen LogP contribution in [0.3, 0.4) is 0 Å². The molecule has 0 saturated carbocycles. The fourth-order valence-corrected chi connectivity index (χ4v) is 4.60. The lowest BCUT2D eigenvalue weighted by Crippen LogP contribution is -1.85. The van der Waals surface area contributed by atoms with Gasteiger partial charge in [0.15, 0.2) is 11.5 Å². The number of nitrogens with one attached hydrogen (secondary N) is 1. The molecule has 2 N–H and O–H groups in total. The average Bonchev–Trinajstić information content (AvgIpc) is 3.27. The first kappa shape index (κ1) is 18.0. The van der Waals surface area contributed by atoms with E-state index < -0.39 is 0 Å². The van der Waals surface area contributed by atoms with E-state index in [1.54, 1.807) is 11.3 Å². The van der Waals surface area contributed by atoms with Crippen molar-refractivity contribution in [2.24, 2.45) is 10.2 Å². The van der Waals surface area contributed by atoms with Crippen molar-refractivity contribution in [1.29, 1.82) is 0 Å². The molecule has 8 heteroatoms. The van der Waals surface area contributed by atoms with Crippen molar-refractivity contribution in [2.75, 3.05) is 0 Å². The number of rotatable bonds is 3. The zero-order valence-corrected chi connectivity index (χ0v) is 17.6. The number of aromatic nitrogens is 3. The highest BCUT2D eigenvalue weighted by Crippen LogP contribution is 2.40. The largest absolute Gasteiger partial charge is 0.493 e. The number of hydrogen-bond donors (Lipinski definition) is 2. The quantitative estimate of drug-likeness (QED) is 0.281. The summed E-state index contributed by atoms with van der Waals surface area (Å²) >= 11 is 5.05. The third-order valence-corrected chi connectivity index (χ3v) is 6.07. The first-order valence-electron chi connectivity index (χ1n) is 8.84. The molecule has 0 saturated heterocycles. The minimum atomic E-state index is -0.0286. The van der Waals surface area contributed by atoms with Crippen LogP contribution < -0.4 is 0 Å². The van der Waals surface area contributed by atoms with Gasteiger partial charge in [-0.2, -0.15) is 0 Å². The molecule has 5 aromatic rings. The van der Waals surface area contributed by atoms with Crippen LogP contribution in [0.4, 0.5) is 11.5 Å². The van der Waals surface area contributed by atoms with Gasteiger partial charge >= 0.3 is 0 Å². The Hall–Kier alpha value is -3.10. The summed E-state index contributed by atoms with van der Waals surface area (Å²) in [7, 11) is 0. The minimum absolute atomic E-state index is 0.0286. The Morgan fingerprint density at radius 3 is 2.66 bits per heavy atom.